The highest BCUT2D eigenvalue weighted by atomic mass is 15.2. The fourth-order valence-corrected chi connectivity index (χ4v) is 6.12. The normalized spacial score (nSPS) is 25.8. The Hall–Kier alpha value is -0.0800. The molecular formula is C25H50N2. The minimum atomic E-state index is 0.455. The molecule has 2 heteroatoms. The first-order valence-electron chi connectivity index (χ1n) is 12.3. The molecule has 0 aromatic rings. The van der Waals surface area contributed by atoms with Crippen molar-refractivity contribution in [2.45, 2.75) is 111 Å². The molecule has 2 aliphatic heterocycles. The predicted octanol–water partition coefficient (Wildman–Crippen LogP) is 6.60. The monoisotopic (exact) mass is 378 g/mol. The average molecular weight is 379 g/mol. The van der Waals surface area contributed by atoms with E-state index in [1.165, 1.54) is 96.9 Å². The van der Waals surface area contributed by atoms with Gasteiger partial charge in [-0.15, -0.1) is 0 Å². The average Bonchev–Trinajstić information content (AvgIpc) is 3.10. The maximum atomic E-state index is 2.87. The summed E-state index contributed by atoms with van der Waals surface area (Å²) in [6.07, 6.45) is 13.8. The third kappa shape index (κ3) is 6.46. The summed E-state index contributed by atoms with van der Waals surface area (Å²) in [5.74, 6) is 1.85. The van der Waals surface area contributed by atoms with Crippen molar-refractivity contribution in [3.63, 3.8) is 0 Å². The van der Waals surface area contributed by atoms with E-state index in [1.54, 1.807) is 0 Å². The second-order valence-electron chi connectivity index (χ2n) is 10.8. The van der Waals surface area contributed by atoms with Crippen LogP contribution < -0.4 is 0 Å². The molecule has 0 aromatic heterocycles. The molecule has 0 bridgehead atoms. The van der Waals surface area contributed by atoms with Gasteiger partial charge in [-0.25, -0.2) is 0 Å². The zero-order chi connectivity index (χ0) is 19.9. The third-order valence-corrected chi connectivity index (χ3v) is 8.01. The van der Waals surface area contributed by atoms with Crippen LogP contribution in [-0.4, -0.2) is 48.1 Å². The maximum Gasteiger partial charge on any atom is 0.0181 e. The topological polar surface area (TPSA) is 6.48 Å². The van der Waals surface area contributed by atoms with Crippen molar-refractivity contribution in [3.8, 4) is 0 Å². The summed E-state index contributed by atoms with van der Waals surface area (Å²) in [5, 5.41) is 0. The molecule has 2 saturated heterocycles. The van der Waals surface area contributed by atoms with Crippen LogP contribution in [0.1, 0.15) is 106 Å². The number of unbranched alkanes of at least 4 members (excludes halogenated alkanes) is 1. The van der Waals surface area contributed by atoms with Crippen LogP contribution in [-0.2, 0) is 0 Å². The van der Waals surface area contributed by atoms with E-state index < -0.39 is 0 Å². The Morgan fingerprint density at radius 1 is 0.778 bits per heavy atom. The van der Waals surface area contributed by atoms with Crippen LogP contribution in [0.3, 0.4) is 0 Å². The highest BCUT2D eigenvalue weighted by molar-refractivity contribution is 4.92. The van der Waals surface area contributed by atoms with Gasteiger partial charge in [0.15, 0.2) is 0 Å². The zero-order valence-electron chi connectivity index (χ0n) is 19.7. The van der Waals surface area contributed by atoms with Gasteiger partial charge in [0, 0.05) is 18.6 Å². The molecule has 0 aromatic carbocycles. The fourth-order valence-electron chi connectivity index (χ4n) is 6.12. The molecule has 0 radical (unpaired) electrons. The minimum Gasteiger partial charge on any atom is -0.303 e. The van der Waals surface area contributed by atoms with Gasteiger partial charge in [0.05, 0.1) is 0 Å². The fraction of sp³-hybridized carbons (Fsp3) is 1.00. The Morgan fingerprint density at radius 3 is 2.04 bits per heavy atom. The Labute approximate surface area is 171 Å². The Balaban J connectivity index is 1.80. The van der Waals surface area contributed by atoms with Crippen molar-refractivity contribution in [1.29, 1.82) is 0 Å². The van der Waals surface area contributed by atoms with E-state index in [4.69, 9.17) is 0 Å². The highest BCUT2D eigenvalue weighted by Gasteiger charge is 2.37. The van der Waals surface area contributed by atoms with E-state index in [0.717, 1.165) is 11.8 Å². The van der Waals surface area contributed by atoms with Crippen LogP contribution in [0.15, 0.2) is 0 Å². The molecule has 0 amide bonds. The van der Waals surface area contributed by atoms with Gasteiger partial charge in [-0.05, 0) is 82.3 Å². The second kappa shape index (κ2) is 10.6. The summed E-state index contributed by atoms with van der Waals surface area (Å²) >= 11 is 0. The van der Waals surface area contributed by atoms with Crippen LogP contribution in [0.4, 0.5) is 0 Å². The van der Waals surface area contributed by atoms with Gasteiger partial charge in [-0.2, -0.15) is 0 Å². The Bertz CT molecular complexity index is 411. The van der Waals surface area contributed by atoms with Crippen molar-refractivity contribution < 1.29 is 0 Å². The predicted molar refractivity (Wildman–Crippen MR) is 120 cm³/mol. The lowest BCUT2D eigenvalue weighted by Gasteiger charge is -2.42. The third-order valence-electron chi connectivity index (χ3n) is 8.01. The van der Waals surface area contributed by atoms with Crippen LogP contribution >= 0.6 is 0 Å². The largest absolute Gasteiger partial charge is 0.303 e. The van der Waals surface area contributed by atoms with Gasteiger partial charge in [-0.3, -0.25) is 4.90 Å². The molecule has 0 N–H and O–H groups in total. The van der Waals surface area contributed by atoms with E-state index in [-0.39, 0.29) is 0 Å². The molecule has 2 aliphatic rings. The lowest BCUT2D eigenvalue weighted by atomic mass is 9.71. The summed E-state index contributed by atoms with van der Waals surface area (Å²) in [4.78, 5) is 5.67. The van der Waals surface area contributed by atoms with Gasteiger partial charge in [0.25, 0.3) is 0 Å². The lowest BCUT2D eigenvalue weighted by Crippen LogP contribution is -2.46. The molecule has 2 fully saturated rings. The van der Waals surface area contributed by atoms with Crippen molar-refractivity contribution in [3.05, 3.63) is 0 Å². The molecule has 0 aliphatic carbocycles. The minimum absolute atomic E-state index is 0.455. The van der Waals surface area contributed by atoms with Crippen molar-refractivity contribution in [2.24, 2.45) is 17.3 Å². The van der Waals surface area contributed by atoms with Gasteiger partial charge < -0.3 is 4.90 Å². The van der Waals surface area contributed by atoms with Gasteiger partial charge >= 0.3 is 0 Å². The standard InChI is InChI=1S/C25H50N2/c1-7-10-16-25(6,15-9-3)27-19-11-22(21-27)20-26-17-12-23(13-18-26)24(4,5)14-8-2/h22-23H,7-21H2,1-6H3/t22-,25?/m0/s1. The smallest absolute Gasteiger partial charge is 0.0181 e. The molecule has 2 heterocycles. The van der Waals surface area contributed by atoms with E-state index in [0.29, 0.717) is 11.0 Å². The lowest BCUT2D eigenvalue weighted by molar-refractivity contribution is 0.0774. The molecule has 2 atom stereocenters. The van der Waals surface area contributed by atoms with Crippen molar-refractivity contribution >= 4 is 0 Å². The molecule has 160 valence electrons. The summed E-state index contributed by atoms with van der Waals surface area (Å²) in [6, 6.07) is 0. The summed E-state index contributed by atoms with van der Waals surface area (Å²) < 4.78 is 0. The number of rotatable bonds is 11. The molecule has 1 unspecified atom stereocenters. The summed E-state index contributed by atoms with van der Waals surface area (Å²) in [7, 11) is 0. The number of hydrogen-bond acceptors (Lipinski definition) is 2. The van der Waals surface area contributed by atoms with Gasteiger partial charge in [0.2, 0.25) is 0 Å². The number of hydrogen-bond donors (Lipinski definition) is 0. The van der Waals surface area contributed by atoms with Gasteiger partial charge in [-0.1, -0.05) is 60.3 Å². The maximum absolute atomic E-state index is 2.87. The highest BCUT2D eigenvalue weighted by Crippen LogP contribution is 2.39. The number of nitrogens with zero attached hydrogens (tertiary/aromatic N) is 2. The van der Waals surface area contributed by atoms with Crippen LogP contribution in [0, 0.1) is 17.3 Å². The molecule has 0 saturated carbocycles. The van der Waals surface area contributed by atoms with E-state index in [2.05, 4.69) is 51.3 Å². The molecule has 2 rings (SSSR count). The van der Waals surface area contributed by atoms with Crippen molar-refractivity contribution in [1.82, 2.24) is 9.80 Å². The number of likely N-dealkylation sites (tertiary alicyclic amines) is 2. The SMILES string of the molecule is CCCCC(C)(CCC)N1CC[C@@H](CN2CCC(C(C)(C)CCC)CC2)C1. The van der Waals surface area contributed by atoms with E-state index in [9.17, 15) is 0 Å². The second-order valence-corrected chi connectivity index (χ2v) is 10.8. The molecule has 0 spiro atoms. The first-order valence-corrected chi connectivity index (χ1v) is 12.3. The number of piperidine rings is 1. The quantitative estimate of drug-likeness (QED) is 0.400. The van der Waals surface area contributed by atoms with E-state index in [1.807, 2.05) is 0 Å². The van der Waals surface area contributed by atoms with E-state index >= 15 is 0 Å². The molecular weight excluding hydrogens is 328 g/mol. The zero-order valence-corrected chi connectivity index (χ0v) is 19.7. The van der Waals surface area contributed by atoms with Gasteiger partial charge in [0.1, 0.15) is 0 Å². The first kappa shape index (κ1) is 23.2. The summed E-state index contributed by atoms with van der Waals surface area (Å²) in [6.45, 7) is 21.3. The summed E-state index contributed by atoms with van der Waals surface area (Å²) in [5.41, 5.74) is 1.00. The molecule has 27 heavy (non-hydrogen) atoms. The Morgan fingerprint density at radius 2 is 1.44 bits per heavy atom. The van der Waals surface area contributed by atoms with Crippen molar-refractivity contribution in [2.75, 3.05) is 32.7 Å². The Kier molecular flexibility index (Phi) is 9.13. The van der Waals surface area contributed by atoms with Crippen LogP contribution in [0.25, 0.3) is 0 Å². The molecule has 2 nitrogen and oxygen atoms in total. The first-order chi connectivity index (χ1) is 12.8. The van der Waals surface area contributed by atoms with Crippen LogP contribution in [0.2, 0.25) is 0 Å². The van der Waals surface area contributed by atoms with Crippen LogP contribution in [0.5, 0.6) is 0 Å².